The quantitative estimate of drug-likeness (QED) is 0.279. The van der Waals surface area contributed by atoms with Crippen LogP contribution in [0.15, 0.2) is 48.7 Å². The summed E-state index contributed by atoms with van der Waals surface area (Å²) in [5, 5.41) is 6.59. The average Bonchev–Trinajstić information content (AvgIpc) is 3.03. The number of likely N-dealkylation sites (tertiary alicyclic amines) is 1. The van der Waals surface area contributed by atoms with Gasteiger partial charge in [0.05, 0.1) is 11.9 Å². The molecule has 2 aliphatic rings. The number of piperidine rings is 1. The van der Waals surface area contributed by atoms with E-state index >= 15 is 0 Å². The highest BCUT2D eigenvalue weighted by Gasteiger charge is 2.26. The van der Waals surface area contributed by atoms with Gasteiger partial charge in [0.25, 0.3) is 0 Å². The molecule has 1 aromatic carbocycles. The third kappa shape index (κ3) is 10.1. The molecule has 5 rings (SSSR count). The van der Waals surface area contributed by atoms with Gasteiger partial charge in [0, 0.05) is 68.0 Å². The summed E-state index contributed by atoms with van der Waals surface area (Å²) in [6, 6.07) is 13.0. The van der Waals surface area contributed by atoms with Crippen LogP contribution in [0.25, 0.3) is 11.3 Å². The van der Waals surface area contributed by atoms with Crippen LogP contribution >= 0.6 is 23.2 Å². The fourth-order valence-electron chi connectivity index (χ4n) is 5.67. The molecule has 0 spiro atoms. The SMILES string of the molecule is CNC(=O)NCC1CCN(Cc2cc(Oc3ccc(N4CCN(C(=O)OC(C)(C)C)CC4)nc3)nc(-c3cc(Cl)cc(Cl)c3)c2)CC1. The molecule has 11 nitrogen and oxygen atoms in total. The van der Waals surface area contributed by atoms with Crippen molar-refractivity contribution in [3.8, 4) is 22.9 Å². The summed E-state index contributed by atoms with van der Waals surface area (Å²) in [4.78, 5) is 39.8. The predicted molar refractivity (Wildman–Crippen MR) is 184 cm³/mol. The number of piperazine rings is 1. The second-order valence-corrected chi connectivity index (χ2v) is 13.8. The van der Waals surface area contributed by atoms with Gasteiger partial charge >= 0.3 is 12.1 Å². The number of carbonyl (C=O) groups excluding carboxylic acids is 2. The number of pyridine rings is 2. The van der Waals surface area contributed by atoms with Crippen molar-refractivity contribution in [3.05, 3.63) is 64.3 Å². The lowest BCUT2D eigenvalue weighted by Gasteiger charge is -2.36. The van der Waals surface area contributed by atoms with E-state index in [1.807, 2.05) is 57.2 Å². The normalized spacial score (nSPS) is 16.1. The lowest BCUT2D eigenvalue weighted by Crippen LogP contribution is -2.50. The molecule has 0 radical (unpaired) electrons. The molecular weight excluding hydrogens is 641 g/mol. The Morgan fingerprint density at radius 3 is 2.28 bits per heavy atom. The summed E-state index contributed by atoms with van der Waals surface area (Å²) in [6.07, 6.45) is 3.41. The molecule has 2 N–H and O–H groups in total. The van der Waals surface area contributed by atoms with Crippen LogP contribution in [0.4, 0.5) is 15.4 Å². The first-order chi connectivity index (χ1) is 22.4. The zero-order valence-electron chi connectivity index (χ0n) is 27.4. The van der Waals surface area contributed by atoms with Crippen LogP contribution in [0.5, 0.6) is 11.6 Å². The summed E-state index contributed by atoms with van der Waals surface area (Å²) >= 11 is 12.7. The zero-order valence-corrected chi connectivity index (χ0v) is 28.9. The zero-order chi connectivity index (χ0) is 33.6. The first kappa shape index (κ1) is 34.5. The van der Waals surface area contributed by atoms with E-state index < -0.39 is 5.60 Å². The maximum Gasteiger partial charge on any atom is 0.410 e. The van der Waals surface area contributed by atoms with E-state index in [0.29, 0.717) is 66.0 Å². The van der Waals surface area contributed by atoms with Crippen LogP contribution in [-0.4, -0.2) is 90.4 Å². The maximum absolute atomic E-state index is 12.4. The second kappa shape index (κ2) is 15.4. The molecule has 2 aromatic heterocycles. The van der Waals surface area contributed by atoms with Gasteiger partial charge in [0.15, 0.2) is 0 Å². The van der Waals surface area contributed by atoms with Gasteiger partial charge in [0.1, 0.15) is 17.2 Å². The number of urea groups is 1. The standard InChI is InChI=1S/C34H43Cl2N7O4/c1-34(2,3)47-33(45)43-13-11-42(12-14-43)30-6-5-28(21-38-30)46-31-16-24(15-29(40-31)25-17-26(35)19-27(36)18-25)22-41-9-7-23(8-10-41)20-39-32(44)37-4/h5-6,15-19,21,23H,7-14,20,22H2,1-4H3,(H2,37,39,44). The van der Waals surface area contributed by atoms with E-state index in [2.05, 4.69) is 25.4 Å². The van der Waals surface area contributed by atoms with Crippen molar-refractivity contribution in [1.82, 2.24) is 30.4 Å². The van der Waals surface area contributed by atoms with E-state index in [-0.39, 0.29) is 12.1 Å². The van der Waals surface area contributed by atoms with E-state index in [9.17, 15) is 9.59 Å². The summed E-state index contributed by atoms with van der Waals surface area (Å²) in [5.74, 6) is 2.27. The highest BCUT2D eigenvalue weighted by Crippen LogP contribution is 2.31. The highest BCUT2D eigenvalue weighted by atomic mass is 35.5. The average molecular weight is 685 g/mol. The van der Waals surface area contributed by atoms with Crippen LogP contribution in [0.3, 0.4) is 0 Å². The lowest BCUT2D eigenvalue weighted by atomic mass is 9.96. The lowest BCUT2D eigenvalue weighted by molar-refractivity contribution is 0.0240. The topological polar surface area (TPSA) is 112 Å². The molecule has 4 heterocycles. The molecule has 0 saturated carbocycles. The minimum Gasteiger partial charge on any atom is -0.444 e. The van der Waals surface area contributed by atoms with Crippen LogP contribution in [0.2, 0.25) is 10.0 Å². The van der Waals surface area contributed by atoms with Crippen molar-refractivity contribution in [3.63, 3.8) is 0 Å². The van der Waals surface area contributed by atoms with E-state index in [4.69, 9.17) is 37.7 Å². The number of hydrogen-bond donors (Lipinski definition) is 2. The van der Waals surface area contributed by atoms with Crippen molar-refractivity contribution in [2.75, 3.05) is 57.8 Å². The molecule has 47 heavy (non-hydrogen) atoms. The van der Waals surface area contributed by atoms with E-state index in [1.165, 1.54) is 0 Å². The molecule has 3 amide bonds. The minimum atomic E-state index is -0.521. The Balaban J connectivity index is 1.25. The Labute approximate surface area is 286 Å². The van der Waals surface area contributed by atoms with E-state index in [1.54, 1.807) is 24.2 Å². The molecule has 13 heteroatoms. The van der Waals surface area contributed by atoms with Gasteiger partial charge in [-0.3, -0.25) is 4.90 Å². The predicted octanol–water partition coefficient (Wildman–Crippen LogP) is 6.44. The molecular formula is C34H43Cl2N7O4. The van der Waals surface area contributed by atoms with E-state index in [0.717, 1.165) is 49.4 Å². The minimum absolute atomic E-state index is 0.145. The Morgan fingerprint density at radius 1 is 0.957 bits per heavy atom. The number of benzene rings is 1. The van der Waals surface area contributed by atoms with Crippen molar-refractivity contribution >= 4 is 41.1 Å². The number of ether oxygens (including phenoxy) is 2. The summed E-state index contributed by atoms with van der Waals surface area (Å²) in [7, 11) is 1.63. The number of anilines is 1. The molecule has 0 bridgehead atoms. The molecule has 2 saturated heterocycles. The first-order valence-electron chi connectivity index (χ1n) is 16.0. The van der Waals surface area contributed by atoms with Gasteiger partial charge in [-0.25, -0.2) is 19.6 Å². The Hall–Kier alpha value is -3.80. The monoisotopic (exact) mass is 683 g/mol. The number of nitrogens with zero attached hydrogens (tertiary/aromatic N) is 5. The Bertz CT molecular complexity index is 1510. The number of carbonyl (C=O) groups is 2. The van der Waals surface area contributed by atoms with Crippen LogP contribution in [-0.2, 0) is 11.3 Å². The summed E-state index contributed by atoms with van der Waals surface area (Å²) in [6.45, 7) is 11.3. The number of amides is 3. The van der Waals surface area contributed by atoms with Crippen molar-refractivity contribution < 1.29 is 19.1 Å². The highest BCUT2D eigenvalue weighted by molar-refractivity contribution is 6.35. The largest absolute Gasteiger partial charge is 0.444 e. The number of halogens is 2. The molecule has 0 aliphatic carbocycles. The molecule has 3 aromatic rings. The number of nitrogens with one attached hydrogen (secondary N) is 2. The van der Waals surface area contributed by atoms with Crippen molar-refractivity contribution in [1.29, 1.82) is 0 Å². The molecule has 2 fully saturated rings. The first-order valence-corrected chi connectivity index (χ1v) is 16.7. The fourth-order valence-corrected chi connectivity index (χ4v) is 6.20. The number of aromatic nitrogens is 2. The van der Waals surface area contributed by atoms with Crippen LogP contribution in [0.1, 0.15) is 39.2 Å². The van der Waals surface area contributed by atoms with Gasteiger partial charge in [-0.15, -0.1) is 0 Å². The van der Waals surface area contributed by atoms with Crippen molar-refractivity contribution in [2.24, 2.45) is 5.92 Å². The van der Waals surface area contributed by atoms with Gasteiger partial charge in [0.2, 0.25) is 5.88 Å². The second-order valence-electron chi connectivity index (χ2n) is 12.9. The van der Waals surface area contributed by atoms with Crippen LogP contribution in [0, 0.1) is 5.92 Å². The number of rotatable bonds is 8. The number of hydrogen-bond acceptors (Lipinski definition) is 8. The van der Waals surface area contributed by atoms with Gasteiger partial charge < -0.3 is 29.9 Å². The van der Waals surface area contributed by atoms with Gasteiger partial charge in [-0.2, -0.15) is 0 Å². The third-order valence-electron chi connectivity index (χ3n) is 8.11. The van der Waals surface area contributed by atoms with Gasteiger partial charge in [-0.05, 0) is 94.6 Å². The smallest absolute Gasteiger partial charge is 0.410 e. The van der Waals surface area contributed by atoms with Crippen LogP contribution < -0.4 is 20.3 Å². The molecule has 252 valence electrons. The molecule has 0 atom stereocenters. The Kier molecular flexibility index (Phi) is 11.3. The summed E-state index contributed by atoms with van der Waals surface area (Å²) < 4.78 is 11.8. The maximum atomic E-state index is 12.4. The molecule has 2 aliphatic heterocycles. The fraction of sp³-hybridized carbons (Fsp3) is 0.471. The Morgan fingerprint density at radius 2 is 1.66 bits per heavy atom. The summed E-state index contributed by atoms with van der Waals surface area (Å²) in [5.41, 5.74) is 2.04. The van der Waals surface area contributed by atoms with Gasteiger partial charge in [-0.1, -0.05) is 23.2 Å². The van der Waals surface area contributed by atoms with Crippen molar-refractivity contribution in [2.45, 2.75) is 45.8 Å². The molecule has 0 unspecified atom stereocenters. The third-order valence-corrected chi connectivity index (χ3v) is 8.55.